The summed E-state index contributed by atoms with van der Waals surface area (Å²) in [6, 6.07) is 9.71. The molecule has 1 aromatic rings. The van der Waals surface area contributed by atoms with Gasteiger partial charge in [0.25, 0.3) is 0 Å². The van der Waals surface area contributed by atoms with E-state index in [2.05, 4.69) is 81.4 Å². The highest BCUT2D eigenvalue weighted by molar-refractivity contribution is 5.25. The van der Waals surface area contributed by atoms with Crippen molar-refractivity contribution >= 4 is 0 Å². The van der Waals surface area contributed by atoms with Crippen LogP contribution < -0.4 is 5.32 Å². The summed E-state index contributed by atoms with van der Waals surface area (Å²) in [6.45, 7) is 6.71. The Hall–Kier alpha value is -0.900. The molecule has 0 fully saturated rings. The third kappa shape index (κ3) is 5.23. The van der Waals surface area contributed by atoms with Crippen LogP contribution in [0.15, 0.2) is 24.3 Å². The van der Waals surface area contributed by atoms with Crippen LogP contribution in [0.1, 0.15) is 30.5 Å². The lowest BCUT2D eigenvalue weighted by atomic mass is 9.98. The molecule has 0 spiro atoms. The summed E-state index contributed by atoms with van der Waals surface area (Å²) in [5, 5.41) is 3.47. The molecule has 0 saturated carbocycles. The largest absolute Gasteiger partial charge is 0.312 e. The number of hydrogen-bond donors (Lipinski definition) is 1. The van der Waals surface area contributed by atoms with Crippen molar-refractivity contribution in [3.8, 4) is 0 Å². The van der Waals surface area contributed by atoms with Crippen LogP contribution in [-0.2, 0) is 0 Å². The van der Waals surface area contributed by atoms with Crippen LogP contribution in [-0.4, -0.2) is 57.1 Å². The van der Waals surface area contributed by atoms with E-state index in [9.17, 15) is 0 Å². The summed E-state index contributed by atoms with van der Waals surface area (Å²) in [4.78, 5) is 4.69. The van der Waals surface area contributed by atoms with Crippen molar-refractivity contribution in [2.75, 3.05) is 41.3 Å². The summed E-state index contributed by atoms with van der Waals surface area (Å²) in [5.74, 6) is 0. The highest BCUT2D eigenvalue weighted by Crippen LogP contribution is 2.20. The SMILES string of the molecule is CNC(c1ccc(C)cc1)C(C)N(C)CCCN(C)C. The topological polar surface area (TPSA) is 18.5 Å². The standard InChI is InChI=1S/C17H31N3/c1-14-8-10-16(11-9-14)17(18-3)15(2)20(6)13-7-12-19(4)5/h8-11,15,17-18H,7,12-13H2,1-6H3. The maximum Gasteiger partial charge on any atom is 0.0472 e. The quantitative estimate of drug-likeness (QED) is 0.788. The molecule has 0 saturated heterocycles. The Balaban J connectivity index is 2.61. The molecule has 0 bridgehead atoms. The van der Waals surface area contributed by atoms with E-state index in [1.54, 1.807) is 0 Å². The van der Waals surface area contributed by atoms with E-state index in [1.807, 2.05) is 0 Å². The molecule has 20 heavy (non-hydrogen) atoms. The first kappa shape index (κ1) is 17.2. The fourth-order valence-electron chi connectivity index (χ4n) is 2.55. The smallest absolute Gasteiger partial charge is 0.0472 e. The monoisotopic (exact) mass is 277 g/mol. The van der Waals surface area contributed by atoms with Gasteiger partial charge < -0.3 is 15.1 Å². The molecule has 2 unspecified atom stereocenters. The maximum absolute atomic E-state index is 3.47. The summed E-state index contributed by atoms with van der Waals surface area (Å²) in [5.41, 5.74) is 2.68. The summed E-state index contributed by atoms with van der Waals surface area (Å²) >= 11 is 0. The summed E-state index contributed by atoms with van der Waals surface area (Å²) in [7, 11) is 8.53. The van der Waals surface area contributed by atoms with E-state index >= 15 is 0 Å². The highest BCUT2D eigenvalue weighted by Gasteiger charge is 2.20. The van der Waals surface area contributed by atoms with Crippen LogP contribution in [0.3, 0.4) is 0 Å². The molecule has 3 nitrogen and oxygen atoms in total. The Morgan fingerprint density at radius 1 is 1.05 bits per heavy atom. The molecule has 0 aromatic heterocycles. The number of hydrogen-bond acceptors (Lipinski definition) is 3. The molecule has 0 heterocycles. The van der Waals surface area contributed by atoms with Crippen LogP contribution in [0.2, 0.25) is 0 Å². The lowest BCUT2D eigenvalue weighted by Gasteiger charge is -2.32. The molecule has 0 aliphatic heterocycles. The Labute approximate surface area is 125 Å². The summed E-state index contributed by atoms with van der Waals surface area (Å²) in [6.07, 6.45) is 1.21. The second-order valence-electron chi connectivity index (χ2n) is 6.06. The van der Waals surface area contributed by atoms with Crippen molar-refractivity contribution in [2.24, 2.45) is 0 Å². The van der Waals surface area contributed by atoms with E-state index < -0.39 is 0 Å². The molecule has 0 aliphatic carbocycles. The van der Waals surface area contributed by atoms with Crippen molar-refractivity contribution in [1.82, 2.24) is 15.1 Å². The molecule has 2 atom stereocenters. The van der Waals surface area contributed by atoms with Crippen LogP contribution in [0, 0.1) is 6.92 Å². The number of rotatable bonds is 8. The van der Waals surface area contributed by atoms with Crippen molar-refractivity contribution in [3.63, 3.8) is 0 Å². The average Bonchev–Trinajstić information content (AvgIpc) is 2.41. The summed E-state index contributed by atoms with van der Waals surface area (Å²) < 4.78 is 0. The molecule has 1 N–H and O–H groups in total. The van der Waals surface area contributed by atoms with Crippen molar-refractivity contribution in [1.29, 1.82) is 0 Å². The number of benzene rings is 1. The first-order valence-electron chi connectivity index (χ1n) is 7.54. The highest BCUT2D eigenvalue weighted by atomic mass is 15.2. The first-order chi connectivity index (χ1) is 9.45. The fourth-order valence-corrected chi connectivity index (χ4v) is 2.55. The fraction of sp³-hybridized carbons (Fsp3) is 0.647. The van der Waals surface area contributed by atoms with Gasteiger partial charge in [0.05, 0.1) is 0 Å². The Kier molecular flexibility index (Phi) is 7.20. The van der Waals surface area contributed by atoms with E-state index in [-0.39, 0.29) is 0 Å². The lowest BCUT2D eigenvalue weighted by molar-refractivity contribution is 0.202. The minimum Gasteiger partial charge on any atom is -0.312 e. The van der Waals surface area contributed by atoms with Crippen molar-refractivity contribution in [3.05, 3.63) is 35.4 Å². The predicted molar refractivity (Wildman–Crippen MR) is 88.2 cm³/mol. The zero-order chi connectivity index (χ0) is 15.1. The lowest BCUT2D eigenvalue weighted by Crippen LogP contribution is -2.40. The minimum atomic E-state index is 0.375. The number of nitrogens with one attached hydrogen (secondary N) is 1. The molecule has 3 heteroatoms. The second kappa shape index (κ2) is 8.40. The third-order valence-electron chi connectivity index (χ3n) is 4.04. The predicted octanol–water partition coefficient (Wildman–Crippen LogP) is 2.53. The number of aryl methyl sites for hydroxylation is 1. The molecule has 1 rings (SSSR count). The maximum atomic E-state index is 3.47. The average molecular weight is 277 g/mol. The second-order valence-corrected chi connectivity index (χ2v) is 6.06. The van der Waals surface area contributed by atoms with Crippen LogP contribution in [0.5, 0.6) is 0 Å². The zero-order valence-corrected chi connectivity index (χ0v) is 14.0. The molecular weight excluding hydrogens is 246 g/mol. The van der Waals surface area contributed by atoms with Crippen molar-refractivity contribution in [2.45, 2.75) is 32.4 Å². The van der Waals surface area contributed by atoms with Gasteiger partial charge in [-0.15, -0.1) is 0 Å². The minimum absolute atomic E-state index is 0.375. The van der Waals surface area contributed by atoms with Gasteiger partial charge in [0.2, 0.25) is 0 Å². The Bertz CT molecular complexity index is 372. The van der Waals surface area contributed by atoms with Gasteiger partial charge in [0, 0.05) is 12.1 Å². The molecule has 0 amide bonds. The zero-order valence-electron chi connectivity index (χ0n) is 14.0. The van der Waals surface area contributed by atoms with Gasteiger partial charge in [-0.25, -0.2) is 0 Å². The van der Waals surface area contributed by atoms with Gasteiger partial charge in [-0.3, -0.25) is 0 Å². The Morgan fingerprint density at radius 2 is 1.65 bits per heavy atom. The Morgan fingerprint density at radius 3 is 2.15 bits per heavy atom. The molecule has 0 aliphatic rings. The van der Waals surface area contributed by atoms with Crippen LogP contribution in [0.25, 0.3) is 0 Å². The molecular formula is C17H31N3. The van der Waals surface area contributed by atoms with Gasteiger partial charge in [-0.05, 0) is 67.1 Å². The molecule has 1 aromatic carbocycles. The van der Waals surface area contributed by atoms with Gasteiger partial charge in [0.15, 0.2) is 0 Å². The number of likely N-dealkylation sites (N-methyl/N-ethyl adjacent to an activating group) is 2. The molecule has 0 radical (unpaired) electrons. The molecule has 114 valence electrons. The third-order valence-corrected chi connectivity index (χ3v) is 4.04. The van der Waals surface area contributed by atoms with E-state index in [0.29, 0.717) is 12.1 Å². The van der Waals surface area contributed by atoms with E-state index in [4.69, 9.17) is 0 Å². The van der Waals surface area contributed by atoms with Gasteiger partial charge in [-0.1, -0.05) is 29.8 Å². The normalized spacial score (nSPS) is 14.8. The van der Waals surface area contributed by atoms with E-state index in [1.165, 1.54) is 17.5 Å². The van der Waals surface area contributed by atoms with Gasteiger partial charge in [0.1, 0.15) is 0 Å². The van der Waals surface area contributed by atoms with Gasteiger partial charge >= 0.3 is 0 Å². The van der Waals surface area contributed by atoms with Gasteiger partial charge in [-0.2, -0.15) is 0 Å². The first-order valence-corrected chi connectivity index (χ1v) is 7.54. The van der Waals surface area contributed by atoms with Crippen LogP contribution in [0.4, 0.5) is 0 Å². The van der Waals surface area contributed by atoms with E-state index in [0.717, 1.165) is 13.1 Å². The van der Waals surface area contributed by atoms with Crippen molar-refractivity contribution < 1.29 is 0 Å². The van der Waals surface area contributed by atoms with Crippen LogP contribution >= 0.6 is 0 Å². The number of nitrogens with zero attached hydrogens (tertiary/aromatic N) is 2.